The molecule has 1 fully saturated rings. The van der Waals surface area contributed by atoms with Crippen LogP contribution in [0, 0.1) is 5.92 Å². The zero-order chi connectivity index (χ0) is 10.8. The van der Waals surface area contributed by atoms with Gasteiger partial charge in [0.1, 0.15) is 0 Å². The zero-order valence-electron chi connectivity index (χ0n) is 8.74. The van der Waals surface area contributed by atoms with Crippen LogP contribution >= 0.6 is 11.6 Å². The Balaban J connectivity index is 2.03. The van der Waals surface area contributed by atoms with Crippen LogP contribution in [0.1, 0.15) is 18.9 Å². The Morgan fingerprint density at radius 2 is 2.07 bits per heavy atom. The molecule has 0 radical (unpaired) electrons. The van der Waals surface area contributed by atoms with Gasteiger partial charge in [0, 0.05) is 24.5 Å². The van der Waals surface area contributed by atoms with Crippen LogP contribution in [0.25, 0.3) is 0 Å². The van der Waals surface area contributed by atoms with Crippen molar-refractivity contribution in [3.8, 4) is 0 Å². The van der Waals surface area contributed by atoms with Gasteiger partial charge in [0.2, 0.25) is 5.91 Å². The molecule has 1 aromatic carbocycles. The fraction of sp³-hybridized carbons (Fsp3) is 0.417. The van der Waals surface area contributed by atoms with E-state index in [1.807, 2.05) is 29.2 Å². The molecule has 0 aromatic heterocycles. The molecule has 3 heteroatoms. The van der Waals surface area contributed by atoms with Crippen molar-refractivity contribution in [2.45, 2.75) is 19.9 Å². The van der Waals surface area contributed by atoms with Crippen LogP contribution in [0.5, 0.6) is 0 Å². The molecule has 2 nitrogen and oxygen atoms in total. The third-order valence-electron chi connectivity index (χ3n) is 2.69. The molecule has 0 saturated carbocycles. The van der Waals surface area contributed by atoms with Gasteiger partial charge >= 0.3 is 0 Å². The largest absolute Gasteiger partial charge is 0.338 e. The maximum absolute atomic E-state index is 11.6. The highest BCUT2D eigenvalue weighted by molar-refractivity contribution is 6.30. The maximum Gasteiger partial charge on any atom is 0.223 e. The van der Waals surface area contributed by atoms with Gasteiger partial charge in [-0.25, -0.2) is 0 Å². The number of carbonyl (C=O) groups is 1. The Kier molecular flexibility index (Phi) is 2.96. The third kappa shape index (κ3) is 2.51. The first-order valence-corrected chi connectivity index (χ1v) is 5.55. The van der Waals surface area contributed by atoms with Crippen molar-refractivity contribution < 1.29 is 4.79 Å². The normalized spacial score (nSPS) is 21.1. The van der Waals surface area contributed by atoms with Crippen LogP contribution < -0.4 is 0 Å². The topological polar surface area (TPSA) is 20.3 Å². The molecule has 15 heavy (non-hydrogen) atoms. The Labute approximate surface area is 94.8 Å². The van der Waals surface area contributed by atoms with Crippen LogP contribution in [0.15, 0.2) is 24.3 Å². The van der Waals surface area contributed by atoms with Crippen LogP contribution in [-0.4, -0.2) is 17.4 Å². The molecule has 1 atom stereocenters. The number of hydrogen-bond donors (Lipinski definition) is 0. The summed E-state index contributed by atoms with van der Waals surface area (Å²) in [6, 6.07) is 7.67. The van der Waals surface area contributed by atoms with Crippen LogP contribution in [0.4, 0.5) is 0 Å². The lowest BCUT2D eigenvalue weighted by molar-refractivity contribution is -0.128. The molecule has 0 bridgehead atoms. The van der Waals surface area contributed by atoms with Gasteiger partial charge in [0.15, 0.2) is 0 Å². The number of amides is 1. The second kappa shape index (κ2) is 4.23. The molecule has 2 rings (SSSR count). The van der Waals surface area contributed by atoms with Gasteiger partial charge in [0.05, 0.1) is 0 Å². The van der Waals surface area contributed by atoms with E-state index in [0.29, 0.717) is 18.9 Å². The Bertz CT molecular complexity index is 360. The van der Waals surface area contributed by atoms with Gasteiger partial charge in [-0.3, -0.25) is 4.79 Å². The lowest BCUT2D eigenvalue weighted by Gasteiger charge is -2.15. The zero-order valence-corrected chi connectivity index (χ0v) is 9.50. The summed E-state index contributed by atoms with van der Waals surface area (Å²) in [5.41, 5.74) is 1.14. The molecule has 0 unspecified atom stereocenters. The lowest BCUT2D eigenvalue weighted by atomic mass is 10.2. The fourth-order valence-corrected chi connectivity index (χ4v) is 2.06. The van der Waals surface area contributed by atoms with E-state index in [4.69, 9.17) is 11.6 Å². The summed E-state index contributed by atoms with van der Waals surface area (Å²) in [6.45, 7) is 3.70. The molecule has 1 aliphatic rings. The smallest absolute Gasteiger partial charge is 0.223 e. The number of benzene rings is 1. The standard InChI is InChI=1S/C12H14ClNO/c1-9-6-12(15)14(7-9)8-10-2-4-11(13)5-3-10/h2-5,9H,6-8H2,1H3/t9-/m0/s1. The van der Waals surface area contributed by atoms with Gasteiger partial charge in [0.25, 0.3) is 0 Å². The third-order valence-corrected chi connectivity index (χ3v) is 2.95. The van der Waals surface area contributed by atoms with Crippen molar-refractivity contribution in [2.24, 2.45) is 5.92 Å². The summed E-state index contributed by atoms with van der Waals surface area (Å²) in [4.78, 5) is 13.5. The molecular formula is C12H14ClNO. The van der Waals surface area contributed by atoms with E-state index in [1.54, 1.807) is 0 Å². The first kappa shape index (κ1) is 10.5. The second-order valence-corrected chi connectivity index (χ2v) is 4.65. The summed E-state index contributed by atoms with van der Waals surface area (Å²) in [5.74, 6) is 0.752. The summed E-state index contributed by atoms with van der Waals surface area (Å²) >= 11 is 5.80. The van der Waals surface area contributed by atoms with Gasteiger partial charge in [-0.2, -0.15) is 0 Å². The minimum atomic E-state index is 0.262. The average Bonchev–Trinajstić information content (AvgIpc) is 2.49. The summed E-state index contributed by atoms with van der Waals surface area (Å²) < 4.78 is 0. The highest BCUT2D eigenvalue weighted by Gasteiger charge is 2.25. The van der Waals surface area contributed by atoms with Crippen molar-refractivity contribution in [2.75, 3.05) is 6.54 Å². The Morgan fingerprint density at radius 1 is 1.40 bits per heavy atom. The molecule has 1 aromatic rings. The highest BCUT2D eigenvalue weighted by atomic mass is 35.5. The van der Waals surface area contributed by atoms with Crippen LogP contribution in [0.2, 0.25) is 5.02 Å². The number of halogens is 1. The average molecular weight is 224 g/mol. The van der Waals surface area contributed by atoms with Gasteiger partial charge < -0.3 is 4.90 Å². The highest BCUT2D eigenvalue weighted by Crippen LogP contribution is 2.20. The van der Waals surface area contributed by atoms with Crippen molar-refractivity contribution in [1.29, 1.82) is 0 Å². The maximum atomic E-state index is 11.6. The molecule has 1 aliphatic heterocycles. The van der Waals surface area contributed by atoms with Crippen molar-refractivity contribution >= 4 is 17.5 Å². The fourth-order valence-electron chi connectivity index (χ4n) is 1.93. The van der Waals surface area contributed by atoms with Crippen molar-refractivity contribution in [1.82, 2.24) is 4.90 Å². The molecule has 80 valence electrons. The number of likely N-dealkylation sites (tertiary alicyclic amines) is 1. The molecule has 0 N–H and O–H groups in total. The van der Waals surface area contributed by atoms with Gasteiger partial charge in [-0.05, 0) is 23.6 Å². The Hall–Kier alpha value is -1.02. The molecule has 0 spiro atoms. The van der Waals surface area contributed by atoms with Crippen molar-refractivity contribution in [3.63, 3.8) is 0 Å². The van der Waals surface area contributed by atoms with E-state index >= 15 is 0 Å². The predicted octanol–water partition coefficient (Wildman–Crippen LogP) is 2.71. The predicted molar refractivity (Wildman–Crippen MR) is 60.7 cm³/mol. The van der Waals surface area contributed by atoms with E-state index in [0.717, 1.165) is 17.1 Å². The van der Waals surface area contributed by atoms with Crippen LogP contribution in [-0.2, 0) is 11.3 Å². The Morgan fingerprint density at radius 3 is 2.60 bits per heavy atom. The molecule has 1 amide bonds. The summed E-state index contributed by atoms with van der Waals surface area (Å²) in [5, 5.41) is 0.736. The van der Waals surface area contributed by atoms with E-state index in [2.05, 4.69) is 6.92 Å². The number of rotatable bonds is 2. The van der Waals surface area contributed by atoms with E-state index < -0.39 is 0 Å². The summed E-state index contributed by atoms with van der Waals surface area (Å²) in [6.07, 6.45) is 0.688. The van der Waals surface area contributed by atoms with E-state index in [-0.39, 0.29) is 5.91 Å². The molecular weight excluding hydrogens is 210 g/mol. The molecule has 1 heterocycles. The van der Waals surface area contributed by atoms with Gasteiger partial charge in [-0.15, -0.1) is 0 Å². The quantitative estimate of drug-likeness (QED) is 0.755. The number of carbonyl (C=O) groups excluding carboxylic acids is 1. The minimum Gasteiger partial charge on any atom is -0.338 e. The lowest BCUT2D eigenvalue weighted by Crippen LogP contribution is -2.24. The molecule has 1 saturated heterocycles. The molecule has 0 aliphatic carbocycles. The van der Waals surface area contributed by atoms with Crippen LogP contribution in [0.3, 0.4) is 0 Å². The minimum absolute atomic E-state index is 0.262. The van der Waals surface area contributed by atoms with Crippen molar-refractivity contribution in [3.05, 3.63) is 34.9 Å². The number of hydrogen-bond acceptors (Lipinski definition) is 1. The van der Waals surface area contributed by atoms with E-state index in [9.17, 15) is 4.79 Å². The SMILES string of the molecule is C[C@H]1CC(=O)N(Cc2ccc(Cl)cc2)C1. The first-order chi connectivity index (χ1) is 7.15. The van der Waals surface area contributed by atoms with Gasteiger partial charge in [-0.1, -0.05) is 30.7 Å². The summed E-state index contributed by atoms with van der Waals surface area (Å²) in [7, 11) is 0. The monoisotopic (exact) mass is 223 g/mol. The number of nitrogens with zero attached hydrogens (tertiary/aromatic N) is 1. The van der Waals surface area contributed by atoms with E-state index in [1.165, 1.54) is 0 Å². The first-order valence-electron chi connectivity index (χ1n) is 5.17. The second-order valence-electron chi connectivity index (χ2n) is 4.21.